The Labute approximate surface area is 133 Å². The molecule has 0 radical (unpaired) electrons. The van der Waals surface area contributed by atoms with Crippen LogP contribution in [-0.2, 0) is 7.05 Å². The van der Waals surface area contributed by atoms with E-state index in [0.29, 0.717) is 5.92 Å². The van der Waals surface area contributed by atoms with Crippen molar-refractivity contribution in [3.05, 3.63) is 71.4 Å². The number of hydrogen-bond donors (Lipinski definition) is 0. The first kappa shape index (κ1) is 14.9. The molecule has 0 aliphatic carbocycles. The van der Waals surface area contributed by atoms with Gasteiger partial charge in [0.15, 0.2) is 0 Å². The molecule has 0 spiro atoms. The quantitative estimate of drug-likeness (QED) is 0.573. The van der Waals surface area contributed by atoms with Crippen LogP contribution < -0.4 is 0 Å². The van der Waals surface area contributed by atoms with Crippen LogP contribution in [0.2, 0.25) is 0 Å². The van der Waals surface area contributed by atoms with Crippen LogP contribution in [0.15, 0.2) is 54.7 Å². The molecule has 0 saturated carbocycles. The Bertz CT molecular complexity index is 785. The molecule has 3 aromatic rings. The molecular formula is C21H25N. The summed E-state index contributed by atoms with van der Waals surface area (Å²) in [6, 6.07) is 17.7. The highest BCUT2D eigenvalue weighted by Crippen LogP contribution is 2.43. The summed E-state index contributed by atoms with van der Waals surface area (Å²) in [6.07, 6.45) is 2.31. The van der Waals surface area contributed by atoms with E-state index in [1.165, 1.54) is 27.6 Å². The molecule has 3 rings (SSSR count). The average Bonchev–Trinajstić information content (AvgIpc) is 2.78. The van der Waals surface area contributed by atoms with Crippen LogP contribution in [0, 0.1) is 12.3 Å². The van der Waals surface area contributed by atoms with Gasteiger partial charge in [-0.05, 0) is 29.5 Å². The van der Waals surface area contributed by atoms with Crippen LogP contribution >= 0.6 is 0 Å². The van der Waals surface area contributed by atoms with Gasteiger partial charge < -0.3 is 4.57 Å². The van der Waals surface area contributed by atoms with Gasteiger partial charge in [-0.1, -0.05) is 68.8 Å². The number of hydrogen-bond acceptors (Lipinski definition) is 0. The fourth-order valence-electron chi connectivity index (χ4n) is 3.51. The molecule has 0 fully saturated rings. The third-order valence-electron chi connectivity index (χ3n) is 4.52. The summed E-state index contributed by atoms with van der Waals surface area (Å²) in [6.45, 7) is 9.14. The van der Waals surface area contributed by atoms with Gasteiger partial charge in [-0.3, -0.25) is 0 Å². The summed E-state index contributed by atoms with van der Waals surface area (Å²) in [4.78, 5) is 0. The van der Waals surface area contributed by atoms with Crippen molar-refractivity contribution in [2.24, 2.45) is 12.5 Å². The zero-order chi connectivity index (χ0) is 15.9. The van der Waals surface area contributed by atoms with E-state index in [1.54, 1.807) is 0 Å². The first-order chi connectivity index (χ1) is 10.4. The van der Waals surface area contributed by atoms with Crippen molar-refractivity contribution < 1.29 is 0 Å². The van der Waals surface area contributed by atoms with Gasteiger partial charge in [0.05, 0.1) is 0 Å². The topological polar surface area (TPSA) is 4.93 Å². The summed E-state index contributed by atoms with van der Waals surface area (Å²) in [5.41, 5.74) is 5.61. The van der Waals surface area contributed by atoms with Gasteiger partial charge in [0, 0.05) is 30.1 Å². The Morgan fingerprint density at radius 2 is 1.55 bits per heavy atom. The Kier molecular flexibility index (Phi) is 3.60. The maximum atomic E-state index is 2.33. The Hall–Kier alpha value is -2.02. The molecular weight excluding hydrogens is 266 g/mol. The third-order valence-corrected chi connectivity index (χ3v) is 4.52. The van der Waals surface area contributed by atoms with E-state index < -0.39 is 0 Å². The van der Waals surface area contributed by atoms with Crippen LogP contribution in [0.3, 0.4) is 0 Å². The second-order valence-electron chi connectivity index (χ2n) is 7.42. The van der Waals surface area contributed by atoms with Gasteiger partial charge in [-0.2, -0.15) is 0 Å². The van der Waals surface area contributed by atoms with E-state index in [4.69, 9.17) is 0 Å². The molecule has 1 aromatic heterocycles. The SMILES string of the molecule is Cc1ccc(C(c2cn(C)c3ccccc23)C(C)(C)C)cc1. The van der Waals surface area contributed by atoms with Gasteiger partial charge in [-0.15, -0.1) is 0 Å². The molecule has 2 aromatic carbocycles. The largest absolute Gasteiger partial charge is 0.350 e. The third kappa shape index (κ3) is 2.56. The van der Waals surface area contributed by atoms with E-state index in [2.05, 4.69) is 94.0 Å². The predicted molar refractivity (Wildman–Crippen MR) is 95.4 cm³/mol. The number of benzene rings is 2. The van der Waals surface area contributed by atoms with Gasteiger partial charge in [0.2, 0.25) is 0 Å². The van der Waals surface area contributed by atoms with Crippen LogP contribution in [0.4, 0.5) is 0 Å². The Morgan fingerprint density at radius 1 is 0.909 bits per heavy atom. The first-order valence-corrected chi connectivity index (χ1v) is 7.98. The molecule has 1 nitrogen and oxygen atoms in total. The van der Waals surface area contributed by atoms with Crippen molar-refractivity contribution >= 4 is 10.9 Å². The molecule has 22 heavy (non-hydrogen) atoms. The van der Waals surface area contributed by atoms with Gasteiger partial charge in [-0.25, -0.2) is 0 Å². The molecule has 0 amide bonds. The second-order valence-corrected chi connectivity index (χ2v) is 7.42. The lowest BCUT2D eigenvalue weighted by Gasteiger charge is -2.31. The maximum absolute atomic E-state index is 2.33. The fourth-order valence-corrected chi connectivity index (χ4v) is 3.51. The number of fused-ring (bicyclic) bond motifs is 1. The molecule has 0 N–H and O–H groups in total. The van der Waals surface area contributed by atoms with Gasteiger partial charge >= 0.3 is 0 Å². The molecule has 0 bridgehead atoms. The highest BCUT2D eigenvalue weighted by atomic mass is 14.9. The van der Waals surface area contributed by atoms with Crippen molar-refractivity contribution in [1.29, 1.82) is 0 Å². The van der Waals surface area contributed by atoms with E-state index in [-0.39, 0.29) is 5.41 Å². The normalized spacial score (nSPS) is 13.5. The van der Waals surface area contributed by atoms with Crippen LogP contribution in [0.1, 0.15) is 43.4 Å². The van der Waals surface area contributed by atoms with E-state index in [0.717, 1.165) is 0 Å². The Morgan fingerprint density at radius 3 is 2.18 bits per heavy atom. The zero-order valence-corrected chi connectivity index (χ0v) is 14.2. The van der Waals surface area contributed by atoms with E-state index >= 15 is 0 Å². The smallest absolute Gasteiger partial charge is 0.0480 e. The predicted octanol–water partition coefficient (Wildman–Crippen LogP) is 5.66. The zero-order valence-electron chi connectivity index (χ0n) is 14.2. The number of aryl methyl sites for hydroxylation is 2. The lowest BCUT2D eigenvalue weighted by atomic mass is 9.72. The van der Waals surface area contributed by atoms with Crippen LogP contribution in [0.25, 0.3) is 10.9 Å². The number of para-hydroxylation sites is 1. The first-order valence-electron chi connectivity index (χ1n) is 7.98. The average molecular weight is 291 g/mol. The second kappa shape index (κ2) is 5.31. The summed E-state index contributed by atoms with van der Waals surface area (Å²) >= 11 is 0. The van der Waals surface area contributed by atoms with Crippen LogP contribution in [0.5, 0.6) is 0 Å². The number of rotatable bonds is 2. The lowest BCUT2D eigenvalue weighted by Crippen LogP contribution is -2.19. The molecule has 1 unspecified atom stereocenters. The summed E-state index contributed by atoms with van der Waals surface area (Å²) in [5, 5.41) is 1.37. The van der Waals surface area contributed by atoms with Gasteiger partial charge in [0.25, 0.3) is 0 Å². The highest BCUT2D eigenvalue weighted by Gasteiger charge is 2.30. The van der Waals surface area contributed by atoms with Crippen molar-refractivity contribution in [3.8, 4) is 0 Å². The molecule has 0 saturated heterocycles. The summed E-state index contributed by atoms with van der Waals surface area (Å²) in [7, 11) is 2.14. The molecule has 114 valence electrons. The van der Waals surface area contributed by atoms with Gasteiger partial charge in [0.1, 0.15) is 0 Å². The number of nitrogens with zero attached hydrogens (tertiary/aromatic N) is 1. The molecule has 0 aliphatic rings. The van der Waals surface area contributed by atoms with Crippen molar-refractivity contribution in [2.75, 3.05) is 0 Å². The minimum absolute atomic E-state index is 0.166. The number of aromatic nitrogens is 1. The summed E-state index contributed by atoms with van der Waals surface area (Å²) in [5.74, 6) is 0.388. The monoisotopic (exact) mass is 291 g/mol. The highest BCUT2D eigenvalue weighted by molar-refractivity contribution is 5.85. The Balaban J connectivity index is 2.23. The standard InChI is InChI=1S/C21H25N/c1-15-10-12-16(13-11-15)20(21(2,3)4)18-14-22(5)19-9-7-6-8-17(18)19/h6-14,20H,1-5H3. The maximum Gasteiger partial charge on any atom is 0.0480 e. The fraction of sp³-hybridized carbons (Fsp3) is 0.333. The summed E-state index contributed by atoms with van der Waals surface area (Å²) < 4.78 is 2.25. The van der Waals surface area contributed by atoms with Crippen molar-refractivity contribution in [3.63, 3.8) is 0 Å². The van der Waals surface area contributed by atoms with Crippen molar-refractivity contribution in [2.45, 2.75) is 33.6 Å². The molecule has 1 atom stereocenters. The minimum atomic E-state index is 0.166. The van der Waals surface area contributed by atoms with Crippen molar-refractivity contribution in [1.82, 2.24) is 4.57 Å². The molecule has 1 heterocycles. The molecule has 0 aliphatic heterocycles. The molecule has 1 heteroatoms. The minimum Gasteiger partial charge on any atom is -0.350 e. The lowest BCUT2D eigenvalue weighted by molar-refractivity contribution is 0.360. The van der Waals surface area contributed by atoms with Crippen LogP contribution in [-0.4, -0.2) is 4.57 Å². The van der Waals surface area contributed by atoms with E-state index in [1.807, 2.05) is 0 Å². The van der Waals surface area contributed by atoms with E-state index in [9.17, 15) is 0 Å².